The number of carbonyl (C=O) groups excluding carboxylic acids is 2. The normalized spacial score (nSPS) is 12.5. The predicted octanol–water partition coefficient (Wildman–Crippen LogP) is 7.18. The highest BCUT2D eigenvalue weighted by Crippen LogP contribution is 2.28. The Morgan fingerprint density at radius 3 is 2.26 bits per heavy atom. The molecule has 0 aliphatic heterocycles. The van der Waals surface area contributed by atoms with Crippen LogP contribution in [0.4, 0.5) is 5.69 Å². The SMILES string of the molecule is CCCCCc1ccc(CNC(=O)c2ccc(CN(C(=O)CCC3=CCCC3)c3ccc(O)c(C(=O)O)c3)cc2)cc1. The van der Waals surface area contributed by atoms with Crippen molar-refractivity contribution in [2.24, 2.45) is 0 Å². The van der Waals surface area contributed by atoms with Crippen molar-refractivity contribution >= 4 is 23.5 Å². The van der Waals surface area contributed by atoms with Gasteiger partial charge in [-0.15, -0.1) is 0 Å². The molecule has 1 aliphatic carbocycles. The highest BCUT2D eigenvalue weighted by atomic mass is 16.4. The average Bonchev–Trinajstić information content (AvgIpc) is 3.53. The molecule has 2 amide bonds. The number of unbranched alkanes of at least 4 members (excludes halogenated alkanes) is 2. The number of aromatic hydroxyl groups is 1. The van der Waals surface area contributed by atoms with Crippen LogP contribution in [0.2, 0.25) is 0 Å². The molecule has 0 saturated carbocycles. The first-order valence-electron chi connectivity index (χ1n) is 14.8. The number of phenols is 1. The van der Waals surface area contributed by atoms with Gasteiger partial charge in [-0.3, -0.25) is 9.59 Å². The standard InChI is InChI=1S/C35H40N2O5/c1-2-3-4-7-26-10-12-27(13-11-26)23-36-34(40)29-17-14-28(15-18-29)24-37(33(39)21-16-25-8-5-6-9-25)30-19-20-32(38)31(22-30)35(41)42/h8,10-15,17-20,22,38H,2-7,9,16,21,23-24H2,1H3,(H,36,40)(H,41,42). The van der Waals surface area contributed by atoms with Crippen LogP contribution in [0.25, 0.3) is 0 Å². The van der Waals surface area contributed by atoms with Crippen molar-refractivity contribution in [3.8, 4) is 5.75 Å². The molecule has 0 radical (unpaired) electrons. The van der Waals surface area contributed by atoms with Crippen LogP contribution in [0, 0.1) is 0 Å². The number of carboxylic acid groups (broad SMARTS) is 1. The second kappa shape index (κ2) is 15.0. The lowest BCUT2D eigenvalue weighted by Crippen LogP contribution is -2.30. The molecule has 7 nitrogen and oxygen atoms in total. The summed E-state index contributed by atoms with van der Waals surface area (Å²) in [5.74, 6) is -1.94. The highest BCUT2D eigenvalue weighted by Gasteiger charge is 2.20. The van der Waals surface area contributed by atoms with Crippen LogP contribution in [0.5, 0.6) is 5.75 Å². The molecule has 220 valence electrons. The molecule has 0 atom stereocenters. The molecule has 0 bridgehead atoms. The number of amides is 2. The Balaban J connectivity index is 1.41. The van der Waals surface area contributed by atoms with Gasteiger partial charge in [0, 0.05) is 24.2 Å². The van der Waals surface area contributed by atoms with Crippen molar-refractivity contribution in [3.63, 3.8) is 0 Å². The summed E-state index contributed by atoms with van der Waals surface area (Å²) in [5.41, 5.74) is 5.07. The Kier molecular flexibility index (Phi) is 10.9. The third-order valence-electron chi connectivity index (χ3n) is 7.72. The fourth-order valence-corrected chi connectivity index (χ4v) is 5.18. The van der Waals surface area contributed by atoms with Crippen LogP contribution >= 0.6 is 0 Å². The summed E-state index contributed by atoms with van der Waals surface area (Å²) in [6.07, 6.45) is 11.0. The fraction of sp³-hybridized carbons (Fsp3) is 0.343. The summed E-state index contributed by atoms with van der Waals surface area (Å²) < 4.78 is 0. The molecule has 3 N–H and O–H groups in total. The molecule has 3 aromatic rings. The van der Waals surface area contributed by atoms with Gasteiger partial charge in [0.05, 0.1) is 6.54 Å². The van der Waals surface area contributed by atoms with E-state index in [-0.39, 0.29) is 29.7 Å². The Bertz CT molecular complexity index is 1410. The van der Waals surface area contributed by atoms with Crippen LogP contribution in [-0.2, 0) is 24.3 Å². The maximum Gasteiger partial charge on any atom is 0.339 e. The number of nitrogens with zero attached hydrogens (tertiary/aromatic N) is 1. The Hall–Kier alpha value is -4.39. The maximum atomic E-state index is 13.4. The number of nitrogens with one attached hydrogen (secondary N) is 1. The minimum Gasteiger partial charge on any atom is -0.507 e. The van der Waals surface area contributed by atoms with Gasteiger partial charge < -0.3 is 20.4 Å². The van der Waals surface area contributed by atoms with Crippen LogP contribution in [0.3, 0.4) is 0 Å². The molecule has 0 spiro atoms. The molecular formula is C35H40N2O5. The zero-order valence-corrected chi connectivity index (χ0v) is 24.3. The third-order valence-corrected chi connectivity index (χ3v) is 7.72. The molecule has 1 aliphatic rings. The lowest BCUT2D eigenvalue weighted by Gasteiger charge is -2.24. The van der Waals surface area contributed by atoms with E-state index in [9.17, 15) is 24.6 Å². The van der Waals surface area contributed by atoms with Crippen molar-refractivity contribution in [2.75, 3.05) is 4.90 Å². The maximum absolute atomic E-state index is 13.4. The van der Waals surface area contributed by atoms with Gasteiger partial charge in [-0.2, -0.15) is 0 Å². The zero-order valence-electron chi connectivity index (χ0n) is 24.3. The number of hydrogen-bond acceptors (Lipinski definition) is 4. The van der Waals surface area contributed by atoms with Gasteiger partial charge in [0.15, 0.2) is 0 Å². The monoisotopic (exact) mass is 568 g/mol. The quantitative estimate of drug-likeness (QED) is 0.141. The minimum atomic E-state index is -1.27. The smallest absolute Gasteiger partial charge is 0.339 e. The highest BCUT2D eigenvalue weighted by molar-refractivity contribution is 5.97. The summed E-state index contributed by atoms with van der Waals surface area (Å²) in [4.78, 5) is 39.4. The van der Waals surface area contributed by atoms with E-state index in [1.807, 2.05) is 0 Å². The van der Waals surface area contributed by atoms with Crippen molar-refractivity contribution in [3.05, 3.63) is 106 Å². The number of carbonyl (C=O) groups is 3. The number of carboxylic acids is 1. The predicted molar refractivity (Wildman–Crippen MR) is 165 cm³/mol. The molecule has 7 heteroatoms. The molecular weight excluding hydrogens is 528 g/mol. The fourth-order valence-electron chi connectivity index (χ4n) is 5.18. The van der Waals surface area contributed by atoms with E-state index in [4.69, 9.17) is 0 Å². The van der Waals surface area contributed by atoms with E-state index >= 15 is 0 Å². The lowest BCUT2D eigenvalue weighted by molar-refractivity contribution is -0.118. The second-order valence-electron chi connectivity index (χ2n) is 10.9. The van der Waals surface area contributed by atoms with Crippen molar-refractivity contribution in [2.45, 2.75) is 77.8 Å². The molecule has 42 heavy (non-hydrogen) atoms. The number of aromatic carboxylic acids is 1. The molecule has 0 fully saturated rings. The molecule has 4 rings (SSSR count). The van der Waals surface area contributed by atoms with Crippen LogP contribution in [0.1, 0.15) is 95.7 Å². The van der Waals surface area contributed by atoms with Crippen molar-refractivity contribution in [1.29, 1.82) is 0 Å². The first kappa shape index (κ1) is 30.6. The molecule has 0 heterocycles. The molecule has 0 unspecified atom stereocenters. The van der Waals surface area contributed by atoms with Crippen LogP contribution in [-0.4, -0.2) is 28.0 Å². The summed E-state index contributed by atoms with van der Waals surface area (Å²) in [5, 5.41) is 22.4. The summed E-state index contributed by atoms with van der Waals surface area (Å²) >= 11 is 0. The van der Waals surface area contributed by atoms with Gasteiger partial charge >= 0.3 is 5.97 Å². The average molecular weight is 569 g/mol. The van der Waals surface area contributed by atoms with E-state index in [0.717, 1.165) is 36.8 Å². The summed E-state index contributed by atoms with van der Waals surface area (Å²) in [6, 6.07) is 19.6. The second-order valence-corrected chi connectivity index (χ2v) is 10.9. The van der Waals surface area contributed by atoms with E-state index in [2.05, 4.69) is 42.6 Å². The van der Waals surface area contributed by atoms with Crippen LogP contribution in [0.15, 0.2) is 78.4 Å². The van der Waals surface area contributed by atoms with Gasteiger partial charge in [0.1, 0.15) is 11.3 Å². The van der Waals surface area contributed by atoms with E-state index < -0.39 is 5.97 Å². The third kappa shape index (κ3) is 8.56. The number of hydrogen-bond donors (Lipinski definition) is 3. The van der Waals surface area contributed by atoms with E-state index in [1.165, 1.54) is 42.5 Å². The Morgan fingerprint density at radius 1 is 0.881 bits per heavy atom. The van der Waals surface area contributed by atoms with E-state index in [1.54, 1.807) is 35.2 Å². The van der Waals surface area contributed by atoms with Gasteiger partial charge in [-0.1, -0.05) is 67.8 Å². The molecule has 3 aromatic carbocycles. The number of aryl methyl sites for hydroxylation is 1. The summed E-state index contributed by atoms with van der Waals surface area (Å²) in [7, 11) is 0. The first-order chi connectivity index (χ1) is 20.3. The minimum absolute atomic E-state index is 0.136. The number of allylic oxidation sites excluding steroid dienone is 2. The largest absolute Gasteiger partial charge is 0.507 e. The van der Waals surface area contributed by atoms with Gasteiger partial charge in [0.25, 0.3) is 5.91 Å². The topological polar surface area (TPSA) is 107 Å². The number of anilines is 1. The molecule has 0 aromatic heterocycles. The molecule has 0 saturated heterocycles. The van der Waals surface area contributed by atoms with Gasteiger partial charge in [0.2, 0.25) is 5.91 Å². The van der Waals surface area contributed by atoms with Crippen molar-refractivity contribution in [1.82, 2.24) is 5.32 Å². The summed E-state index contributed by atoms with van der Waals surface area (Å²) in [6.45, 7) is 2.83. The zero-order chi connectivity index (χ0) is 29.9. The number of benzene rings is 3. The van der Waals surface area contributed by atoms with E-state index in [0.29, 0.717) is 30.6 Å². The Labute approximate surface area is 247 Å². The van der Waals surface area contributed by atoms with Crippen molar-refractivity contribution < 1.29 is 24.6 Å². The number of rotatable bonds is 14. The van der Waals surface area contributed by atoms with Gasteiger partial charge in [-0.25, -0.2) is 4.79 Å². The lowest BCUT2D eigenvalue weighted by atomic mass is 10.1. The van der Waals surface area contributed by atoms with Crippen LogP contribution < -0.4 is 10.2 Å². The van der Waals surface area contributed by atoms with Gasteiger partial charge in [-0.05, 0) is 85.5 Å². The Morgan fingerprint density at radius 2 is 1.60 bits per heavy atom. The first-order valence-corrected chi connectivity index (χ1v) is 14.8.